The predicted molar refractivity (Wildman–Crippen MR) is 81.3 cm³/mol. The van der Waals surface area contributed by atoms with Crippen molar-refractivity contribution < 1.29 is 23.7 Å². The van der Waals surface area contributed by atoms with E-state index in [1.54, 1.807) is 12.1 Å². The third kappa shape index (κ3) is 1.84. The van der Waals surface area contributed by atoms with Gasteiger partial charge in [0.2, 0.25) is 11.2 Å². The number of ether oxygens (including phenoxy) is 3. The summed E-state index contributed by atoms with van der Waals surface area (Å²) in [6, 6.07) is 6.14. The fourth-order valence-corrected chi connectivity index (χ4v) is 2.48. The van der Waals surface area contributed by atoms with Crippen LogP contribution in [0.4, 0.5) is 0 Å². The number of rotatable bonds is 3. The topological polar surface area (TPSA) is 78.1 Å². The molecule has 0 saturated heterocycles. The summed E-state index contributed by atoms with van der Waals surface area (Å²) in [5.41, 5.74) is 0.0488. The van der Waals surface area contributed by atoms with Crippen LogP contribution in [0.25, 0.3) is 21.9 Å². The summed E-state index contributed by atoms with van der Waals surface area (Å²) in [5.74, 6) is 0.801. The minimum atomic E-state index is -0.315. The average Bonchev–Trinajstić information content (AvgIpc) is 2.54. The maximum atomic E-state index is 12.7. The van der Waals surface area contributed by atoms with Crippen molar-refractivity contribution in [2.75, 3.05) is 21.3 Å². The molecule has 0 bridgehead atoms. The molecule has 0 spiro atoms. The molecule has 3 rings (SSSR count). The van der Waals surface area contributed by atoms with Crippen molar-refractivity contribution >= 4 is 21.9 Å². The van der Waals surface area contributed by atoms with Crippen LogP contribution >= 0.6 is 0 Å². The molecule has 0 aliphatic heterocycles. The molecule has 0 fully saturated rings. The Bertz CT molecular complexity index is 925. The van der Waals surface area contributed by atoms with Gasteiger partial charge in [0.1, 0.15) is 11.0 Å². The molecule has 1 N–H and O–H groups in total. The highest BCUT2D eigenvalue weighted by atomic mass is 16.5. The average molecular weight is 302 g/mol. The van der Waals surface area contributed by atoms with E-state index in [1.807, 2.05) is 0 Å². The SMILES string of the molecule is COc1cc2oc3c(O)cccc3c(=O)c2c(OC)c1OC. The van der Waals surface area contributed by atoms with Crippen LogP contribution in [0.3, 0.4) is 0 Å². The van der Waals surface area contributed by atoms with Gasteiger partial charge in [-0.05, 0) is 12.1 Å². The number of aromatic hydroxyl groups is 1. The monoisotopic (exact) mass is 302 g/mol. The Morgan fingerprint density at radius 1 is 1.05 bits per heavy atom. The highest BCUT2D eigenvalue weighted by Crippen LogP contribution is 2.43. The van der Waals surface area contributed by atoms with Crippen LogP contribution in [-0.4, -0.2) is 26.4 Å². The Balaban J connectivity index is 2.59. The van der Waals surface area contributed by atoms with Gasteiger partial charge in [0.25, 0.3) is 0 Å². The second kappa shape index (κ2) is 5.14. The largest absolute Gasteiger partial charge is 0.504 e. The van der Waals surface area contributed by atoms with Crippen molar-refractivity contribution in [3.05, 3.63) is 34.5 Å². The summed E-state index contributed by atoms with van der Waals surface area (Å²) >= 11 is 0. The number of para-hydroxylation sites is 1. The van der Waals surface area contributed by atoms with Crippen LogP contribution in [0.1, 0.15) is 0 Å². The molecule has 0 radical (unpaired) electrons. The van der Waals surface area contributed by atoms with Crippen molar-refractivity contribution in [3.8, 4) is 23.0 Å². The molecule has 0 saturated carbocycles. The van der Waals surface area contributed by atoms with E-state index in [0.717, 1.165) is 0 Å². The molecule has 22 heavy (non-hydrogen) atoms. The maximum Gasteiger partial charge on any atom is 0.204 e. The molecular weight excluding hydrogens is 288 g/mol. The van der Waals surface area contributed by atoms with Crippen molar-refractivity contribution in [2.24, 2.45) is 0 Å². The number of hydrogen-bond acceptors (Lipinski definition) is 6. The van der Waals surface area contributed by atoms with E-state index in [9.17, 15) is 9.90 Å². The van der Waals surface area contributed by atoms with E-state index < -0.39 is 0 Å². The third-order valence-electron chi connectivity index (χ3n) is 3.47. The van der Waals surface area contributed by atoms with E-state index in [1.165, 1.54) is 33.5 Å². The van der Waals surface area contributed by atoms with Gasteiger partial charge in [0.15, 0.2) is 22.8 Å². The van der Waals surface area contributed by atoms with Gasteiger partial charge in [0.05, 0.1) is 26.7 Å². The van der Waals surface area contributed by atoms with Crippen LogP contribution < -0.4 is 19.6 Å². The molecule has 6 nitrogen and oxygen atoms in total. The van der Waals surface area contributed by atoms with Crippen LogP contribution in [0, 0.1) is 0 Å². The second-order valence-corrected chi connectivity index (χ2v) is 4.60. The molecule has 1 heterocycles. The Kier molecular flexibility index (Phi) is 3.29. The van der Waals surface area contributed by atoms with Crippen molar-refractivity contribution in [2.45, 2.75) is 0 Å². The molecule has 6 heteroatoms. The third-order valence-corrected chi connectivity index (χ3v) is 3.47. The predicted octanol–water partition coefficient (Wildman–Crippen LogP) is 2.68. The number of benzene rings is 2. The number of fused-ring (bicyclic) bond motifs is 2. The smallest absolute Gasteiger partial charge is 0.204 e. The zero-order valence-electron chi connectivity index (χ0n) is 12.3. The summed E-state index contributed by atoms with van der Waals surface area (Å²) in [7, 11) is 4.36. The van der Waals surface area contributed by atoms with Gasteiger partial charge >= 0.3 is 0 Å². The standard InChI is InChI=1S/C16H14O6/c1-19-11-7-10-12(16(21-3)15(11)20-2)13(18)8-5-4-6-9(17)14(8)22-10/h4-7,17H,1-3H3. The summed E-state index contributed by atoms with van der Waals surface area (Å²) in [6.07, 6.45) is 0. The van der Waals surface area contributed by atoms with E-state index in [4.69, 9.17) is 18.6 Å². The van der Waals surface area contributed by atoms with Gasteiger partial charge in [-0.15, -0.1) is 0 Å². The highest BCUT2D eigenvalue weighted by molar-refractivity contribution is 5.97. The Morgan fingerprint density at radius 2 is 1.77 bits per heavy atom. The molecule has 2 aromatic carbocycles. The quantitative estimate of drug-likeness (QED) is 0.749. The first-order valence-corrected chi connectivity index (χ1v) is 6.49. The molecule has 0 unspecified atom stereocenters. The van der Waals surface area contributed by atoms with E-state index in [2.05, 4.69) is 0 Å². The zero-order valence-corrected chi connectivity index (χ0v) is 12.3. The van der Waals surface area contributed by atoms with Gasteiger partial charge in [0, 0.05) is 6.07 Å². The van der Waals surface area contributed by atoms with Crippen molar-refractivity contribution in [3.63, 3.8) is 0 Å². The molecule has 114 valence electrons. The van der Waals surface area contributed by atoms with Crippen LogP contribution in [-0.2, 0) is 0 Å². The first-order chi connectivity index (χ1) is 10.6. The first-order valence-electron chi connectivity index (χ1n) is 6.49. The highest BCUT2D eigenvalue weighted by Gasteiger charge is 2.21. The lowest BCUT2D eigenvalue weighted by atomic mass is 10.1. The van der Waals surface area contributed by atoms with Gasteiger partial charge in [-0.1, -0.05) is 6.07 Å². The number of phenolic OH excluding ortho intramolecular Hbond substituents is 1. The van der Waals surface area contributed by atoms with Gasteiger partial charge in [-0.3, -0.25) is 4.79 Å². The first kappa shape index (κ1) is 14.1. The Morgan fingerprint density at radius 3 is 2.41 bits per heavy atom. The fraction of sp³-hybridized carbons (Fsp3) is 0.188. The van der Waals surface area contributed by atoms with Crippen LogP contribution in [0.15, 0.2) is 33.5 Å². The second-order valence-electron chi connectivity index (χ2n) is 4.60. The van der Waals surface area contributed by atoms with Crippen LogP contribution in [0.5, 0.6) is 23.0 Å². The van der Waals surface area contributed by atoms with Crippen LogP contribution in [0.2, 0.25) is 0 Å². The zero-order chi connectivity index (χ0) is 15.9. The minimum absolute atomic E-state index is 0.106. The maximum absolute atomic E-state index is 12.7. The summed E-state index contributed by atoms with van der Waals surface area (Å²) < 4.78 is 21.5. The molecular formula is C16H14O6. The molecule has 0 aliphatic carbocycles. The van der Waals surface area contributed by atoms with Crippen molar-refractivity contribution in [1.82, 2.24) is 0 Å². The fourth-order valence-electron chi connectivity index (χ4n) is 2.48. The lowest BCUT2D eigenvalue weighted by Crippen LogP contribution is -2.06. The normalized spacial score (nSPS) is 10.9. The minimum Gasteiger partial charge on any atom is -0.504 e. The van der Waals surface area contributed by atoms with E-state index in [0.29, 0.717) is 11.5 Å². The molecule has 1 aromatic heterocycles. The molecule has 0 amide bonds. The van der Waals surface area contributed by atoms with E-state index in [-0.39, 0.29) is 38.9 Å². The molecule has 0 atom stereocenters. The van der Waals surface area contributed by atoms with Gasteiger partial charge < -0.3 is 23.7 Å². The number of hydrogen-bond donors (Lipinski definition) is 1. The number of phenols is 1. The lowest BCUT2D eigenvalue weighted by Gasteiger charge is -2.14. The Labute approximate surface area is 125 Å². The summed E-state index contributed by atoms with van der Waals surface area (Å²) in [6.45, 7) is 0. The summed E-state index contributed by atoms with van der Waals surface area (Å²) in [4.78, 5) is 12.7. The van der Waals surface area contributed by atoms with Crippen molar-refractivity contribution in [1.29, 1.82) is 0 Å². The summed E-state index contributed by atoms with van der Waals surface area (Å²) in [5, 5.41) is 10.4. The molecule has 0 aliphatic rings. The number of methoxy groups -OCH3 is 3. The molecule has 3 aromatic rings. The van der Waals surface area contributed by atoms with Gasteiger partial charge in [-0.25, -0.2) is 0 Å². The van der Waals surface area contributed by atoms with E-state index >= 15 is 0 Å². The van der Waals surface area contributed by atoms with Gasteiger partial charge in [-0.2, -0.15) is 0 Å². The Hall–Kier alpha value is -2.89. The lowest BCUT2D eigenvalue weighted by molar-refractivity contribution is 0.326.